The fourth-order valence-corrected chi connectivity index (χ4v) is 7.69. The second kappa shape index (κ2) is 7.78. The van der Waals surface area contributed by atoms with Gasteiger partial charge in [-0.25, -0.2) is 0 Å². The molecule has 44 heavy (non-hydrogen) atoms. The van der Waals surface area contributed by atoms with Gasteiger partial charge in [-0.15, -0.1) is 0 Å². The Labute approximate surface area is 248 Å². The number of carbonyl (C=O) groups is 1. The summed E-state index contributed by atoms with van der Waals surface area (Å²) in [4.78, 5) is 14.6. The lowest BCUT2D eigenvalue weighted by atomic mass is 9.56. The van der Waals surface area contributed by atoms with Crippen LogP contribution in [0.1, 0.15) is 41.9 Å². The SMILES string of the molecule is C[C@@]12C[C@@H](c3ccc(O)cc3O1)[C@]13O[C@@]1(c1ccc(O)cc1O)Oc1cc(-c4cc5ccc(O)cc5o4)cc(O)c1[C@H]3C2=O. The molecular formula is C34H24O10. The molecule has 0 unspecified atom stereocenters. The number of benzene rings is 4. The van der Waals surface area contributed by atoms with Gasteiger partial charge in [0.2, 0.25) is 0 Å². The lowest BCUT2D eigenvalue weighted by Crippen LogP contribution is -2.61. The summed E-state index contributed by atoms with van der Waals surface area (Å²) in [6.45, 7) is 1.69. The minimum Gasteiger partial charge on any atom is -0.508 e. The molecule has 1 saturated carbocycles. The molecule has 4 aromatic carbocycles. The summed E-state index contributed by atoms with van der Waals surface area (Å²) in [6.07, 6.45) is 0.226. The maximum Gasteiger partial charge on any atom is 0.272 e. The molecule has 9 rings (SSSR count). The van der Waals surface area contributed by atoms with Gasteiger partial charge in [-0.05, 0) is 55.5 Å². The van der Waals surface area contributed by atoms with E-state index in [-0.39, 0.29) is 57.8 Å². The Balaban J connectivity index is 1.30. The molecule has 4 heterocycles. The molecule has 5 aromatic rings. The summed E-state index contributed by atoms with van der Waals surface area (Å²) >= 11 is 0. The number of fused-ring (bicyclic) bond motifs is 7. The minimum atomic E-state index is -1.68. The second-order valence-electron chi connectivity index (χ2n) is 12.2. The van der Waals surface area contributed by atoms with Gasteiger partial charge in [0.25, 0.3) is 5.79 Å². The van der Waals surface area contributed by atoms with Crippen molar-refractivity contribution in [1.82, 2.24) is 0 Å². The van der Waals surface area contributed by atoms with Crippen LogP contribution in [-0.2, 0) is 15.3 Å². The molecule has 10 nitrogen and oxygen atoms in total. The molecule has 2 bridgehead atoms. The first-order valence-electron chi connectivity index (χ1n) is 14.1. The first kappa shape index (κ1) is 25.2. The van der Waals surface area contributed by atoms with E-state index < -0.39 is 28.8 Å². The predicted octanol–water partition coefficient (Wildman–Crippen LogP) is 5.63. The zero-order valence-electron chi connectivity index (χ0n) is 23.1. The van der Waals surface area contributed by atoms with Crippen molar-refractivity contribution in [1.29, 1.82) is 0 Å². The van der Waals surface area contributed by atoms with E-state index >= 15 is 0 Å². The predicted molar refractivity (Wildman–Crippen MR) is 153 cm³/mol. The van der Waals surface area contributed by atoms with Crippen LogP contribution in [0.5, 0.6) is 40.2 Å². The molecule has 10 heteroatoms. The number of hydrogen-bond donors (Lipinski definition) is 5. The molecule has 4 aliphatic rings. The number of phenols is 5. The number of rotatable bonds is 2. The zero-order chi connectivity index (χ0) is 30.3. The molecule has 5 atom stereocenters. The molecule has 1 aromatic heterocycles. The highest BCUT2D eigenvalue weighted by Gasteiger charge is 2.88. The van der Waals surface area contributed by atoms with E-state index in [0.717, 1.165) is 5.39 Å². The Bertz CT molecular complexity index is 2120. The Kier molecular flexibility index (Phi) is 4.45. The standard InChI is InChI=1S/C34H24O10/c1-32-14-22(20-6-4-19(37)13-27(20)42-32)33-30(31(32)40)29-24(39)8-16(25-9-15-2-3-18(36)12-26(15)41-25)10-28(29)43-34(33,44-33)21-7-5-17(35)11-23(21)38/h2-13,22,30,35-39H,14H2,1H3/t22-,30-,32-,33+,34+/m0/s1. The molecule has 1 spiro atoms. The van der Waals surface area contributed by atoms with E-state index in [0.29, 0.717) is 28.2 Å². The number of aromatic hydroxyl groups is 5. The summed E-state index contributed by atoms with van der Waals surface area (Å²) in [5, 5.41) is 53.6. The first-order chi connectivity index (χ1) is 21.0. The Morgan fingerprint density at radius 1 is 0.773 bits per heavy atom. The van der Waals surface area contributed by atoms with Crippen molar-refractivity contribution in [3.8, 4) is 51.6 Å². The summed E-state index contributed by atoms with van der Waals surface area (Å²) in [5.41, 5.74) is -0.724. The average Bonchev–Trinajstić information content (AvgIpc) is 3.46. The largest absolute Gasteiger partial charge is 0.508 e. The second-order valence-corrected chi connectivity index (χ2v) is 12.2. The van der Waals surface area contributed by atoms with Gasteiger partial charge >= 0.3 is 0 Å². The number of ketones is 1. The topological polar surface area (TPSA) is 162 Å². The third-order valence-corrected chi connectivity index (χ3v) is 9.60. The average molecular weight is 593 g/mol. The van der Waals surface area contributed by atoms with Crippen LogP contribution in [-0.4, -0.2) is 42.5 Å². The highest BCUT2D eigenvalue weighted by molar-refractivity contribution is 5.99. The Hall–Kier alpha value is -5.35. The first-order valence-corrected chi connectivity index (χ1v) is 14.1. The van der Waals surface area contributed by atoms with Gasteiger partial charge in [0.1, 0.15) is 51.6 Å². The summed E-state index contributed by atoms with van der Waals surface area (Å²) in [5.74, 6) is -3.40. The van der Waals surface area contributed by atoms with Crippen LogP contribution in [0, 0.1) is 0 Å². The normalized spacial score (nSPS) is 29.1. The van der Waals surface area contributed by atoms with Crippen LogP contribution in [0.3, 0.4) is 0 Å². The number of epoxide rings is 1. The van der Waals surface area contributed by atoms with Crippen LogP contribution >= 0.6 is 0 Å². The number of furan rings is 1. The smallest absolute Gasteiger partial charge is 0.272 e. The van der Waals surface area contributed by atoms with Gasteiger partial charge in [-0.3, -0.25) is 4.79 Å². The molecular weight excluding hydrogens is 568 g/mol. The van der Waals surface area contributed by atoms with Crippen LogP contribution in [0.25, 0.3) is 22.3 Å². The molecule has 3 aliphatic heterocycles. The molecule has 2 fully saturated rings. The molecule has 5 N–H and O–H groups in total. The van der Waals surface area contributed by atoms with E-state index in [1.165, 1.54) is 42.5 Å². The van der Waals surface area contributed by atoms with Crippen molar-refractivity contribution >= 4 is 16.8 Å². The highest BCUT2D eigenvalue weighted by Crippen LogP contribution is 2.78. The van der Waals surface area contributed by atoms with Crippen molar-refractivity contribution in [2.45, 2.75) is 42.2 Å². The number of ether oxygens (including phenoxy) is 3. The third kappa shape index (κ3) is 2.95. The van der Waals surface area contributed by atoms with E-state index in [1.54, 1.807) is 37.3 Å². The van der Waals surface area contributed by atoms with Gasteiger partial charge in [0.15, 0.2) is 17.0 Å². The van der Waals surface area contributed by atoms with E-state index in [2.05, 4.69) is 0 Å². The number of phenolic OH excluding ortho intramolecular Hbond substituents is 5. The Morgan fingerprint density at radius 2 is 1.52 bits per heavy atom. The van der Waals surface area contributed by atoms with Crippen LogP contribution < -0.4 is 9.47 Å². The van der Waals surface area contributed by atoms with Crippen molar-refractivity contribution < 1.29 is 49.0 Å². The molecule has 220 valence electrons. The Morgan fingerprint density at radius 3 is 2.34 bits per heavy atom. The maximum atomic E-state index is 14.6. The van der Waals surface area contributed by atoms with E-state index in [1.807, 2.05) is 0 Å². The van der Waals surface area contributed by atoms with Gasteiger partial charge in [-0.1, -0.05) is 6.07 Å². The van der Waals surface area contributed by atoms with Gasteiger partial charge in [0, 0.05) is 52.6 Å². The molecule has 1 aliphatic carbocycles. The maximum absolute atomic E-state index is 14.6. The summed E-state index contributed by atoms with van der Waals surface area (Å²) in [6, 6.07) is 18.4. The lowest BCUT2D eigenvalue weighted by Gasteiger charge is -2.51. The van der Waals surface area contributed by atoms with E-state index in [9.17, 15) is 30.3 Å². The molecule has 0 radical (unpaired) electrons. The monoisotopic (exact) mass is 592 g/mol. The van der Waals surface area contributed by atoms with Gasteiger partial charge < -0.3 is 44.2 Å². The number of hydrogen-bond acceptors (Lipinski definition) is 10. The minimum absolute atomic E-state index is 0.0239. The van der Waals surface area contributed by atoms with Crippen LogP contribution in [0.15, 0.2) is 77.2 Å². The van der Waals surface area contributed by atoms with Crippen LogP contribution in [0.2, 0.25) is 0 Å². The highest BCUT2D eigenvalue weighted by atomic mass is 16.8. The zero-order valence-corrected chi connectivity index (χ0v) is 23.1. The molecule has 0 amide bonds. The summed E-state index contributed by atoms with van der Waals surface area (Å²) in [7, 11) is 0. The van der Waals surface area contributed by atoms with Crippen molar-refractivity contribution in [3.05, 3.63) is 89.5 Å². The van der Waals surface area contributed by atoms with Crippen LogP contribution in [0.4, 0.5) is 0 Å². The molecule has 1 saturated heterocycles. The number of Topliss-reactive ketones (excluding diaryl/α,β-unsaturated/α-hetero) is 1. The quantitative estimate of drug-likeness (QED) is 0.162. The lowest BCUT2D eigenvalue weighted by molar-refractivity contribution is -0.145. The van der Waals surface area contributed by atoms with Gasteiger partial charge in [0.05, 0.1) is 11.5 Å². The fraction of sp³-hybridized carbons (Fsp3) is 0.206. The fourth-order valence-electron chi connectivity index (χ4n) is 7.69. The van der Waals surface area contributed by atoms with Crippen molar-refractivity contribution in [2.75, 3.05) is 0 Å². The van der Waals surface area contributed by atoms with E-state index in [4.69, 9.17) is 18.6 Å². The number of carbonyl (C=O) groups excluding carboxylic acids is 1. The van der Waals surface area contributed by atoms with Crippen molar-refractivity contribution in [3.63, 3.8) is 0 Å². The third-order valence-electron chi connectivity index (χ3n) is 9.60. The van der Waals surface area contributed by atoms with Gasteiger partial charge in [-0.2, -0.15) is 0 Å². The summed E-state index contributed by atoms with van der Waals surface area (Å²) < 4.78 is 25.5. The van der Waals surface area contributed by atoms with Crippen molar-refractivity contribution in [2.24, 2.45) is 0 Å².